The molecule has 1 aromatic heterocycles. The van der Waals surface area contributed by atoms with Gasteiger partial charge in [-0.15, -0.1) is 11.3 Å². The molecule has 0 spiro atoms. The van der Waals surface area contributed by atoms with E-state index in [1.54, 1.807) is 6.07 Å². The van der Waals surface area contributed by atoms with Crippen molar-refractivity contribution in [1.82, 2.24) is 9.62 Å². The van der Waals surface area contributed by atoms with Crippen LogP contribution in [-0.2, 0) is 10.0 Å². The number of nitrogens with one attached hydrogen (secondary N) is 1. The largest absolute Gasteiger partial charge is 0.303 e. The zero-order valence-electron chi connectivity index (χ0n) is 11.7. The van der Waals surface area contributed by atoms with E-state index >= 15 is 0 Å². The highest BCUT2D eigenvalue weighted by Gasteiger charge is 2.19. The third kappa shape index (κ3) is 4.53. The van der Waals surface area contributed by atoms with Crippen LogP contribution in [0.3, 0.4) is 0 Å². The average molecular weight is 381 g/mol. The first-order valence-electron chi connectivity index (χ1n) is 6.97. The molecule has 0 saturated carbocycles. The number of aryl methyl sites for hydroxylation is 1. The monoisotopic (exact) mass is 380 g/mol. The highest BCUT2D eigenvalue weighted by molar-refractivity contribution is 9.11. The minimum atomic E-state index is -3.36. The third-order valence-electron chi connectivity index (χ3n) is 3.52. The molecule has 7 heteroatoms. The third-order valence-corrected chi connectivity index (χ3v) is 6.79. The molecular formula is C13H21BrN2O2S2. The molecule has 1 saturated heterocycles. The molecule has 0 amide bonds. The van der Waals surface area contributed by atoms with Gasteiger partial charge in [-0.25, -0.2) is 13.1 Å². The van der Waals surface area contributed by atoms with Crippen LogP contribution in [0.25, 0.3) is 0 Å². The Morgan fingerprint density at radius 3 is 2.65 bits per heavy atom. The number of hydrogen-bond acceptors (Lipinski definition) is 4. The predicted octanol–water partition coefficient (Wildman–Crippen LogP) is 2.97. The van der Waals surface area contributed by atoms with E-state index in [9.17, 15) is 8.42 Å². The normalized spacial score (nSPS) is 17.5. The topological polar surface area (TPSA) is 49.4 Å². The zero-order valence-corrected chi connectivity index (χ0v) is 14.9. The molecule has 0 bridgehead atoms. The molecule has 2 rings (SSSR count). The minimum absolute atomic E-state index is 0.396. The molecule has 0 aromatic carbocycles. The summed E-state index contributed by atoms with van der Waals surface area (Å²) in [5.41, 5.74) is 0. The molecule has 1 fully saturated rings. The molecule has 20 heavy (non-hydrogen) atoms. The molecule has 2 heterocycles. The first-order chi connectivity index (χ1) is 9.49. The lowest BCUT2D eigenvalue weighted by Crippen LogP contribution is -2.33. The average Bonchev–Trinajstić information content (AvgIpc) is 2.76. The maximum atomic E-state index is 12.2. The van der Waals surface area contributed by atoms with Gasteiger partial charge in [-0.1, -0.05) is 6.42 Å². The summed E-state index contributed by atoms with van der Waals surface area (Å²) in [7, 11) is -3.36. The van der Waals surface area contributed by atoms with Gasteiger partial charge >= 0.3 is 0 Å². The Balaban J connectivity index is 1.79. The summed E-state index contributed by atoms with van der Waals surface area (Å²) in [5.74, 6) is 0. The highest BCUT2D eigenvalue weighted by atomic mass is 79.9. The predicted molar refractivity (Wildman–Crippen MR) is 86.9 cm³/mol. The van der Waals surface area contributed by atoms with Crippen LogP contribution in [0, 0.1) is 6.92 Å². The fourth-order valence-electron chi connectivity index (χ4n) is 2.47. The van der Waals surface area contributed by atoms with Gasteiger partial charge in [-0.05, 0) is 67.8 Å². The standard InChI is InChI=1S/C13H21BrN2O2S2/c1-11-12(10-13(14)19-11)20(17,18)15-6-5-9-16-7-3-2-4-8-16/h10,15H,2-9H2,1H3. The van der Waals surface area contributed by atoms with Gasteiger partial charge in [0.15, 0.2) is 0 Å². The van der Waals surface area contributed by atoms with Crippen molar-refractivity contribution in [3.05, 3.63) is 14.7 Å². The van der Waals surface area contributed by atoms with Crippen LogP contribution >= 0.6 is 27.3 Å². The summed E-state index contributed by atoms with van der Waals surface area (Å²) in [6, 6.07) is 1.67. The van der Waals surface area contributed by atoms with Crippen LogP contribution in [-0.4, -0.2) is 39.5 Å². The lowest BCUT2D eigenvalue weighted by molar-refractivity contribution is 0.227. The van der Waals surface area contributed by atoms with Crippen LogP contribution in [0.2, 0.25) is 0 Å². The lowest BCUT2D eigenvalue weighted by Gasteiger charge is -2.26. The Morgan fingerprint density at radius 1 is 1.35 bits per heavy atom. The van der Waals surface area contributed by atoms with Crippen molar-refractivity contribution in [2.45, 2.75) is 37.5 Å². The number of sulfonamides is 1. The fraction of sp³-hybridized carbons (Fsp3) is 0.692. The van der Waals surface area contributed by atoms with E-state index in [4.69, 9.17) is 0 Å². The van der Waals surface area contributed by atoms with E-state index in [2.05, 4.69) is 25.6 Å². The van der Waals surface area contributed by atoms with Crippen LogP contribution in [0.5, 0.6) is 0 Å². The van der Waals surface area contributed by atoms with Gasteiger partial charge in [-0.2, -0.15) is 0 Å². The van der Waals surface area contributed by atoms with Gasteiger partial charge in [0.1, 0.15) is 0 Å². The highest BCUT2D eigenvalue weighted by Crippen LogP contribution is 2.29. The van der Waals surface area contributed by atoms with Crippen LogP contribution in [0.4, 0.5) is 0 Å². The van der Waals surface area contributed by atoms with Gasteiger partial charge in [0.05, 0.1) is 8.68 Å². The smallest absolute Gasteiger partial charge is 0.241 e. The van der Waals surface area contributed by atoms with E-state index in [-0.39, 0.29) is 0 Å². The van der Waals surface area contributed by atoms with Crippen molar-refractivity contribution >= 4 is 37.3 Å². The van der Waals surface area contributed by atoms with Crippen molar-refractivity contribution in [3.8, 4) is 0 Å². The number of thiophene rings is 1. The van der Waals surface area contributed by atoms with Crippen molar-refractivity contribution in [3.63, 3.8) is 0 Å². The quantitative estimate of drug-likeness (QED) is 0.771. The maximum absolute atomic E-state index is 12.2. The zero-order chi connectivity index (χ0) is 14.6. The van der Waals surface area contributed by atoms with Crippen LogP contribution in [0.15, 0.2) is 14.7 Å². The Hall–Kier alpha value is 0.0500. The molecule has 0 unspecified atom stereocenters. The molecular weight excluding hydrogens is 360 g/mol. The van der Waals surface area contributed by atoms with Gasteiger partial charge in [0.25, 0.3) is 0 Å². The van der Waals surface area contributed by atoms with Gasteiger partial charge < -0.3 is 4.90 Å². The van der Waals surface area contributed by atoms with Crippen molar-refractivity contribution < 1.29 is 8.42 Å². The summed E-state index contributed by atoms with van der Waals surface area (Å²) in [6.07, 6.45) is 4.74. The minimum Gasteiger partial charge on any atom is -0.303 e. The molecule has 1 aliphatic heterocycles. The number of likely N-dealkylation sites (tertiary alicyclic amines) is 1. The van der Waals surface area contributed by atoms with E-state index in [0.717, 1.165) is 34.7 Å². The maximum Gasteiger partial charge on any atom is 0.241 e. The van der Waals surface area contributed by atoms with Gasteiger partial charge in [-0.3, -0.25) is 0 Å². The molecule has 114 valence electrons. The molecule has 0 aliphatic carbocycles. The summed E-state index contributed by atoms with van der Waals surface area (Å²) < 4.78 is 27.9. The Labute approximate surface area is 133 Å². The first kappa shape index (κ1) is 16.4. The number of piperidine rings is 1. The van der Waals surface area contributed by atoms with E-state index in [0.29, 0.717) is 11.4 Å². The van der Waals surface area contributed by atoms with Crippen molar-refractivity contribution in [1.29, 1.82) is 0 Å². The van der Waals surface area contributed by atoms with Gasteiger partial charge in [0, 0.05) is 11.4 Å². The van der Waals surface area contributed by atoms with E-state index in [1.165, 1.54) is 30.6 Å². The SMILES string of the molecule is Cc1sc(Br)cc1S(=O)(=O)NCCCN1CCCCC1. The molecule has 0 atom stereocenters. The summed E-state index contributed by atoms with van der Waals surface area (Å²) in [4.78, 5) is 3.64. The molecule has 4 nitrogen and oxygen atoms in total. The number of halogens is 1. The van der Waals surface area contributed by atoms with E-state index < -0.39 is 10.0 Å². The lowest BCUT2D eigenvalue weighted by atomic mass is 10.1. The molecule has 0 radical (unpaired) electrons. The van der Waals surface area contributed by atoms with Crippen LogP contribution < -0.4 is 4.72 Å². The Morgan fingerprint density at radius 2 is 2.05 bits per heavy atom. The fourth-order valence-corrected chi connectivity index (χ4v) is 5.95. The number of hydrogen-bond donors (Lipinski definition) is 1. The molecule has 1 aliphatic rings. The second kappa shape index (κ2) is 7.35. The van der Waals surface area contributed by atoms with Crippen molar-refractivity contribution in [2.75, 3.05) is 26.2 Å². The molecule has 1 N–H and O–H groups in total. The summed E-state index contributed by atoms with van der Waals surface area (Å²) in [6.45, 7) is 5.63. The summed E-state index contributed by atoms with van der Waals surface area (Å²) >= 11 is 4.78. The van der Waals surface area contributed by atoms with Gasteiger partial charge in [0.2, 0.25) is 10.0 Å². The Kier molecular flexibility index (Phi) is 6.04. The Bertz CT molecular complexity index is 537. The molecule has 1 aromatic rings. The number of nitrogens with zero attached hydrogens (tertiary/aromatic N) is 1. The van der Waals surface area contributed by atoms with Crippen LogP contribution in [0.1, 0.15) is 30.6 Å². The van der Waals surface area contributed by atoms with E-state index in [1.807, 2.05) is 6.92 Å². The van der Waals surface area contributed by atoms with Crippen molar-refractivity contribution in [2.24, 2.45) is 0 Å². The first-order valence-corrected chi connectivity index (χ1v) is 10.1. The second-order valence-electron chi connectivity index (χ2n) is 5.12. The summed E-state index contributed by atoms with van der Waals surface area (Å²) in [5, 5.41) is 0. The number of rotatable bonds is 6. The second-order valence-corrected chi connectivity index (χ2v) is 9.50.